The molecule has 5 heterocycles. The first-order valence-corrected chi connectivity index (χ1v) is 16.9. The van der Waals surface area contributed by atoms with Gasteiger partial charge in [0.2, 0.25) is 0 Å². The van der Waals surface area contributed by atoms with E-state index in [0.29, 0.717) is 0 Å². The number of rotatable bonds is 3. The summed E-state index contributed by atoms with van der Waals surface area (Å²) in [5, 5.41) is 3.54. The van der Waals surface area contributed by atoms with Crippen molar-refractivity contribution in [2.75, 3.05) is 9.80 Å². The van der Waals surface area contributed by atoms with Gasteiger partial charge in [-0.25, -0.2) is 0 Å². The van der Waals surface area contributed by atoms with E-state index >= 15 is 0 Å². The third kappa shape index (κ3) is 3.15. The summed E-state index contributed by atoms with van der Waals surface area (Å²) in [4.78, 5) is 5.01. The summed E-state index contributed by atoms with van der Waals surface area (Å²) in [6.07, 6.45) is 0. The van der Waals surface area contributed by atoms with Crippen LogP contribution in [0.3, 0.4) is 0 Å². The van der Waals surface area contributed by atoms with E-state index in [1.54, 1.807) is 0 Å². The maximum atomic E-state index is 6.65. The second-order valence-corrected chi connectivity index (χ2v) is 13.3. The molecule has 3 aliphatic rings. The Morgan fingerprint density at radius 3 is 1.90 bits per heavy atom. The SMILES string of the molecule is c1ccc(N2c3cc(-c4cccc5c4oc4ccccc45)cc4c3B3c5c2cccc5-n2c3c(c3ccccc32)N4c2ccccc2)cc1. The van der Waals surface area contributed by atoms with Gasteiger partial charge in [0.1, 0.15) is 11.2 Å². The van der Waals surface area contributed by atoms with Gasteiger partial charge in [0.05, 0.1) is 11.2 Å². The van der Waals surface area contributed by atoms with Crippen molar-refractivity contribution in [3.05, 3.63) is 158 Å². The van der Waals surface area contributed by atoms with E-state index in [1.807, 2.05) is 6.07 Å². The van der Waals surface area contributed by atoms with Gasteiger partial charge in [-0.1, -0.05) is 97.1 Å². The summed E-state index contributed by atoms with van der Waals surface area (Å²) >= 11 is 0. The lowest BCUT2D eigenvalue weighted by Crippen LogP contribution is -2.59. The third-order valence-corrected chi connectivity index (χ3v) is 10.9. The normalized spacial score (nSPS) is 13.6. The maximum Gasteiger partial charge on any atom is 0.275 e. The van der Waals surface area contributed by atoms with Crippen molar-refractivity contribution in [3.8, 4) is 16.8 Å². The molecule has 0 fully saturated rings. The van der Waals surface area contributed by atoms with Crippen LogP contribution in [0.15, 0.2) is 162 Å². The molecular weight excluding hydrogens is 597 g/mol. The van der Waals surface area contributed by atoms with Crippen molar-refractivity contribution in [3.63, 3.8) is 0 Å². The fourth-order valence-electron chi connectivity index (χ4n) is 9.02. The van der Waals surface area contributed by atoms with Crippen molar-refractivity contribution < 1.29 is 4.42 Å². The summed E-state index contributed by atoms with van der Waals surface area (Å²) in [5.74, 6) is 0. The molecule has 49 heavy (non-hydrogen) atoms. The number of aromatic nitrogens is 1. The Morgan fingerprint density at radius 2 is 1.08 bits per heavy atom. The van der Waals surface area contributed by atoms with Crippen LogP contribution in [0.25, 0.3) is 49.7 Å². The topological polar surface area (TPSA) is 24.6 Å². The first-order chi connectivity index (χ1) is 24.3. The zero-order valence-electron chi connectivity index (χ0n) is 26.3. The molecule has 0 saturated heterocycles. The zero-order chi connectivity index (χ0) is 31.8. The number of hydrogen-bond donors (Lipinski definition) is 0. The molecule has 0 saturated carbocycles. The minimum atomic E-state index is 0.106. The van der Waals surface area contributed by atoms with Gasteiger partial charge in [-0.05, 0) is 77.2 Å². The van der Waals surface area contributed by atoms with Crippen molar-refractivity contribution >= 4 is 90.2 Å². The third-order valence-electron chi connectivity index (χ3n) is 10.9. The smallest absolute Gasteiger partial charge is 0.275 e. The number of benzene rings is 7. The van der Waals surface area contributed by atoms with Gasteiger partial charge in [-0.3, -0.25) is 0 Å². The molecule has 12 rings (SSSR count). The Hall–Kier alpha value is -6.46. The van der Waals surface area contributed by atoms with Crippen LogP contribution in [0.4, 0.5) is 34.1 Å². The molecule has 0 amide bonds. The number of furan rings is 1. The molecule has 0 atom stereocenters. The van der Waals surface area contributed by atoms with E-state index in [1.165, 1.54) is 55.9 Å². The fourth-order valence-corrected chi connectivity index (χ4v) is 9.02. The zero-order valence-corrected chi connectivity index (χ0v) is 26.3. The first kappa shape index (κ1) is 25.6. The Morgan fingerprint density at radius 1 is 0.469 bits per heavy atom. The Bertz CT molecular complexity index is 2850. The molecule has 4 nitrogen and oxygen atoms in total. The van der Waals surface area contributed by atoms with Gasteiger partial charge < -0.3 is 18.8 Å². The van der Waals surface area contributed by atoms with Crippen LogP contribution >= 0.6 is 0 Å². The predicted molar refractivity (Wildman–Crippen MR) is 204 cm³/mol. The van der Waals surface area contributed by atoms with Crippen molar-refractivity contribution in [2.45, 2.75) is 0 Å². The number of fused-ring (bicyclic) bond motifs is 7. The van der Waals surface area contributed by atoms with Crippen LogP contribution in [0, 0.1) is 0 Å². The molecule has 0 aliphatic carbocycles. The fraction of sp³-hybridized carbons (Fsp3) is 0. The first-order valence-electron chi connectivity index (χ1n) is 16.9. The molecule has 0 bridgehead atoms. The highest BCUT2D eigenvalue weighted by molar-refractivity contribution is 7.02. The summed E-state index contributed by atoms with van der Waals surface area (Å²) in [7, 11) is 0. The van der Waals surface area contributed by atoms with Gasteiger partial charge in [0, 0.05) is 61.4 Å². The second-order valence-electron chi connectivity index (χ2n) is 13.3. The van der Waals surface area contributed by atoms with E-state index in [4.69, 9.17) is 4.42 Å². The number of nitrogens with zero attached hydrogens (tertiary/aromatic N) is 3. The van der Waals surface area contributed by atoms with Crippen LogP contribution in [-0.2, 0) is 0 Å². The largest absolute Gasteiger partial charge is 0.455 e. The summed E-state index contributed by atoms with van der Waals surface area (Å²) in [6, 6.07) is 57.2. The van der Waals surface area contributed by atoms with Crippen molar-refractivity contribution in [2.24, 2.45) is 0 Å². The highest BCUT2D eigenvalue weighted by Crippen LogP contribution is 2.51. The van der Waals surface area contributed by atoms with Crippen LogP contribution in [0.5, 0.6) is 0 Å². The summed E-state index contributed by atoms with van der Waals surface area (Å²) < 4.78 is 9.18. The van der Waals surface area contributed by atoms with Gasteiger partial charge in [0.25, 0.3) is 6.71 Å². The van der Waals surface area contributed by atoms with Gasteiger partial charge in [-0.15, -0.1) is 0 Å². The Labute approximate surface area is 282 Å². The molecule has 9 aromatic rings. The quantitative estimate of drug-likeness (QED) is 0.183. The van der Waals surface area contributed by atoms with Crippen molar-refractivity contribution in [1.29, 1.82) is 0 Å². The summed E-state index contributed by atoms with van der Waals surface area (Å²) in [6.45, 7) is 0.106. The average Bonchev–Trinajstić information content (AvgIpc) is 3.83. The molecule has 0 radical (unpaired) electrons. The lowest BCUT2D eigenvalue weighted by atomic mass is 9.36. The minimum Gasteiger partial charge on any atom is -0.455 e. The summed E-state index contributed by atoms with van der Waals surface area (Å²) in [5.41, 5.74) is 17.8. The molecule has 0 unspecified atom stereocenters. The van der Waals surface area contributed by atoms with E-state index < -0.39 is 0 Å². The molecule has 226 valence electrons. The highest BCUT2D eigenvalue weighted by atomic mass is 16.3. The molecule has 0 spiro atoms. The molecule has 0 N–H and O–H groups in total. The maximum absolute atomic E-state index is 6.65. The molecular formula is C44H26BN3O. The van der Waals surface area contributed by atoms with Crippen molar-refractivity contribution in [1.82, 2.24) is 4.57 Å². The average molecular weight is 624 g/mol. The minimum absolute atomic E-state index is 0.106. The van der Waals surface area contributed by atoms with E-state index in [2.05, 4.69) is 166 Å². The number of anilines is 6. The van der Waals surface area contributed by atoms with E-state index in [-0.39, 0.29) is 6.71 Å². The van der Waals surface area contributed by atoms with Gasteiger partial charge in [-0.2, -0.15) is 0 Å². The van der Waals surface area contributed by atoms with E-state index in [0.717, 1.165) is 44.4 Å². The Balaban J connectivity index is 1.26. The van der Waals surface area contributed by atoms with Crippen LogP contribution < -0.4 is 26.3 Å². The van der Waals surface area contributed by atoms with Gasteiger partial charge >= 0.3 is 0 Å². The number of para-hydroxylation sites is 5. The molecule has 7 aromatic carbocycles. The second kappa shape index (κ2) is 9.12. The van der Waals surface area contributed by atoms with E-state index in [9.17, 15) is 0 Å². The number of hydrogen-bond acceptors (Lipinski definition) is 3. The lowest BCUT2D eigenvalue weighted by molar-refractivity contribution is 0.670. The highest BCUT2D eigenvalue weighted by Gasteiger charge is 2.51. The molecule has 5 heteroatoms. The van der Waals surface area contributed by atoms with Gasteiger partial charge in [0.15, 0.2) is 0 Å². The lowest BCUT2D eigenvalue weighted by Gasteiger charge is -2.42. The predicted octanol–water partition coefficient (Wildman–Crippen LogP) is 9.59. The molecule has 2 aromatic heterocycles. The monoisotopic (exact) mass is 623 g/mol. The van der Waals surface area contributed by atoms with Crippen LogP contribution in [0.1, 0.15) is 0 Å². The molecule has 3 aliphatic heterocycles. The standard InChI is InChI=1S/C44H26BN3O/c1-3-13-28(14-4-1)46-35-22-12-23-36-40(35)45-41-37(46)25-27(30-19-11-20-32-31-17-8-10-24-39(31)49-43(30)32)26-38(41)47(29-15-5-2-6-16-29)42-33-18-7-9-21-34(33)48(36)44(42)45/h1-26H. The van der Waals surface area contributed by atoms with Crippen LogP contribution in [-0.4, -0.2) is 11.3 Å². The van der Waals surface area contributed by atoms with Crippen LogP contribution in [0.2, 0.25) is 0 Å². The Kier molecular flexibility index (Phi) is 4.77.